The Kier molecular flexibility index (Phi) is 3.28. The highest BCUT2D eigenvalue weighted by molar-refractivity contribution is 6.04. The zero-order chi connectivity index (χ0) is 14.3. The van der Waals surface area contributed by atoms with Crippen LogP contribution in [0.25, 0.3) is 10.9 Å². The third-order valence-electron chi connectivity index (χ3n) is 4.17. The number of hydrogen-bond donors (Lipinski definition) is 1. The van der Waals surface area contributed by atoms with E-state index in [0.717, 1.165) is 30.3 Å². The van der Waals surface area contributed by atoms with E-state index in [-0.39, 0.29) is 0 Å². The van der Waals surface area contributed by atoms with Crippen LogP contribution < -0.4 is 0 Å². The molecule has 0 saturated heterocycles. The summed E-state index contributed by atoms with van der Waals surface area (Å²) in [6.07, 6.45) is 4.59. The lowest BCUT2D eigenvalue weighted by atomic mass is 9.95. The molecule has 0 spiro atoms. The van der Waals surface area contributed by atoms with Crippen LogP contribution in [0.1, 0.15) is 48.3 Å². The van der Waals surface area contributed by atoms with E-state index in [1.807, 2.05) is 6.07 Å². The van der Waals surface area contributed by atoms with Crippen molar-refractivity contribution in [2.45, 2.75) is 46.1 Å². The Morgan fingerprint density at radius 3 is 2.75 bits per heavy atom. The summed E-state index contributed by atoms with van der Waals surface area (Å²) in [5, 5.41) is 10.6. The summed E-state index contributed by atoms with van der Waals surface area (Å²) in [4.78, 5) is 11.6. The summed E-state index contributed by atoms with van der Waals surface area (Å²) in [5.41, 5.74) is 4.13. The smallest absolute Gasteiger partial charge is 0.337 e. The summed E-state index contributed by atoms with van der Waals surface area (Å²) in [6, 6.07) is 5.69. The molecule has 1 aliphatic rings. The van der Waals surface area contributed by atoms with Crippen molar-refractivity contribution in [2.24, 2.45) is 5.92 Å². The third kappa shape index (κ3) is 2.01. The molecule has 1 N–H and O–H groups in total. The van der Waals surface area contributed by atoms with Gasteiger partial charge >= 0.3 is 5.97 Å². The molecule has 0 bridgehead atoms. The molecule has 3 rings (SSSR count). The van der Waals surface area contributed by atoms with E-state index in [9.17, 15) is 9.90 Å². The molecular formula is C17H21NO2. The minimum Gasteiger partial charge on any atom is -0.478 e. The van der Waals surface area contributed by atoms with Crippen LogP contribution in [0.3, 0.4) is 0 Å². The molecule has 1 heterocycles. The maximum atomic E-state index is 11.6. The number of aryl methyl sites for hydroxylation is 1. The molecule has 1 aromatic carbocycles. The maximum absolute atomic E-state index is 11.6. The second-order valence-electron chi connectivity index (χ2n) is 6.14. The van der Waals surface area contributed by atoms with Gasteiger partial charge in [0.25, 0.3) is 0 Å². The lowest BCUT2D eigenvalue weighted by Gasteiger charge is -2.17. The van der Waals surface area contributed by atoms with Crippen LogP contribution in [0, 0.1) is 5.92 Å². The van der Waals surface area contributed by atoms with E-state index in [1.54, 1.807) is 6.07 Å². The lowest BCUT2D eigenvalue weighted by Crippen LogP contribution is -2.12. The third-order valence-corrected chi connectivity index (χ3v) is 4.17. The largest absolute Gasteiger partial charge is 0.478 e. The zero-order valence-electron chi connectivity index (χ0n) is 12.1. The van der Waals surface area contributed by atoms with Crippen LogP contribution >= 0.6 is 0 Å². The minimum absolute atomic E-state index is 0.442. The Bertz CT molecular complexity index is 667. The van der Waals surface area contributed by atoms with Gasteiger partial charge < -0.3 is 9.67 Å². The number of rotatable bonds is 3. The SMILES string of the molecule is CC(C)Cn1c2c(c3cccc(C(=O)O)c31)CCCC2. The Hall–Kier alpha value is -1.77. The minimum atomic E-state index is -0.824. The Balaban J connectivity index is 2.34. The quantitative estimate of drug-likeness (QED) is 0.920. The number of para-hydroxylation sites is 1. The molecule has 0 fully saturated rings. The van der Waals surface area contributed by atoms with E-state index in [1.165, 1.54) is 24.1 Å². The van der Waals surface area contributed by atoms with Gasteiger partial charge in [0.05, 0.1) is 11.1 Å². The molecule has 106 valence electrons. The molecule has 0 amide bonds. The molecule has 0 aliphatic heterocycles. The first-order chi connectivity index (χ1) is 9.59. The van der Waals surface area contributed by atoms with E-state index >= 15 is 0 Å². The predicted molar refractivity (Wildman–Crippen MR) is 80.4 cm³/mol. The summed E-state index contributed by atoms with van der Waals surface area (Å²) >= 11 is 0. The van der Waals surface area contributed by atoms with Gasteiger partial charge in [0.1, 0.15) is 0 Å². The highest BCUT2D eigenvalue weighted by Crippen LogP contribution is 2.34. The number of aromatic carboxylic acids is 1. The maximum Gasteiger partial charge on any atom is 0.337 e. The normalized spacial score (nSPS) is 14.8. The van der Waals surface area contributed by atoms with Crippen LogP contribution in [-0.4, -0.2) is 15.6 Å². The number of carboxylic acids is 1. The summed E-state index contributed by atoms with van der Waals surface area (Å²) in [6.45, 7) is 5.27. The van der Waals surface area contributed by atoms with Crippen LogP contribution in [0.4, 0.5) is 0 Å². The van der Waals surface area contributed by atoms with Gasteiger partial charge in [0, 0.05) is 17.6 Å². The number of carbonyl (C=O) groups is 1. The van der Waals surface area contributed by atoms with Gasteiger partial charge in [-0.25, -0.2) is 4.79 Å². The fourth-order valence-electron chi connectivity index (χ4n) is 3.43. The molecule has 20 heavy (non-hydrogen) atoms. The van der Waals surface area contributed by atoms with Crippen molar-refractivity contribution in [2.75, 3.05) is 0 Å². The van der Waals surface area contributed by atoms with Crippen LogP contribution in [0.2, 0.25) is 0 Å². The van der Waals surface area contributed by atoms with Gasteiger partial charge in [0.2, 0.25) is 0 Å². The second kappa shape index (κ2) is 4.97. The first-order valence-electron chi connectivity index (χ1n) is 7.46. The molecular weight excluding hydrogens is 250 g/mol. The standard InChI is InChI=1S/C17H21NO2/c1-11(2)10-18-15-9-4-3-6-12(15)13-7-5-8-14(16(13)18)17(19)20/h5,7-8,11H,3-4,6,9-10H2,1-2H3,(H,19,20). The highest BCUT2D eigenvalue weighted by atomic mass is 16.4. The number of carboxylic acid groups (broad SMARTS) is 1. The first kappa shape index (κ1) is 13.2. The molecule has 0 saturated carbocycles. The fraction of sp³-hybridized carbons (Fsp3) is 0.471. The van der Waals surface area contributed by atoms with Crippen molar-refractivity contribution in [1.29, 1.82) is 0 Å². The van der Waals surface area contributed by atoms with Gasteiger partial charge in [-0.2, -0.15) is 0 Å². The topological polar surface area (TPSA) is 42.2 Å². The lowest BCUT2D eigenvalue weighted by molar-refractivity contribution is 0.0698. The molecule has 3 nitrogen and oxygen atoms in total. The van der Waals surface area contributed by atoms with Crippen molar-refractivity contribution < 1.29 is 9.90 Å². The molecule has 0 unspecified atom stereocenters. The molecule has 1 aromatic heterocycles. The number of nitrogens with zero attached hydrogens (tertiary/aromatic N) is 1. The molecule has 1 aliphatic carbocycles. The van der Waals surface area contributed by atoms with Crippen LogP contribution in [0.5, 0.6) is 0 Å². The van der Waals surface area contributed by atoms with Crippen LogP contribution in [-0.2, 0) is 19.4 Å². The average Bonchev–Trinajstić information content (AvgIpc) is 2.73. The second-order valence-corrected chi connectivity index (χ2v) is 6.14. The molecule has 3 heteroatoms. The van der Waals surface area contributed by atoms with Gasteiger partial charge in [-0.15, -0.1) is 0 Å². The summed E-state index contributed by atoms with van der Waals surface area (Å²) in [5.74, 6) is -0.311. The van der Waals surface area contributed by atoms with Gasteiger partial charge in [0.15, 0.2) is 0 Å². The van der Waals surface area contributed by atoms with Gasteiger partial charge in [-0.05, 0) is 43.2 Å². The number of fused-ring (bicyclic) bond motifs is 3. The van der Waals surface area contributed by atoms with Crippen molar-refractivity contribution in [3.8, 4) is 0 Å². The van der Waals surface area contributed by atoms with Crippen molar-refractivity contribution in [3.05, 3.63) is 35.0 Å². The number of aromatic nitrogens is 1. The molecule has 0 radical (unpaired) electrons. The van der Waals surface area contributed by atoms with E-state index in [4.69, 9.17) is 0 Å². The Morgan fingerprint density at radius 2 is 2.05 bits per heavy atom. The summed E-state index contributed by atoms with van der Waals surface area (Å²) < 4.78 is 2.28. The highest BCUT2D eigenvalue weighted by Gasteiger charge is 2.23. The Morgan fingerprint density at radius 1 is 1.30 bits per heavy atom. The van der Waals surface area contributed by atoms with Gasteiger partial charge in [-0.1, -0.05) is 26.0 Å². The van der Waals surface area contributed by atoms with Crippen molar-refractivity contribution >= 4 is 16.9 Å². The zero-order valence-corrected chi connectivity index (χ0v) is 12.1. The summed E-state index contributed by atoms with van der Waals surface area (Å²) in [7, 11) is 0. The average molecular weight is 271 g/mol. The van der Waals surface area contributed by atoms with Crippen LogP contribution in [0.15, 0.2) is 18.2 Å². The molecule has 2 aromatic rings. The predicted octanol–water partition coefficient (Wildman–Crippen LogP) is 3.87. The fourth-order valence-corrected chi connectivity index (χ4v) is 3.43. The number of benzene rings is 1. The van der Waals surface area contributed by atoms with E-state index < -0.39 is 5.97 Å². The Labute approximate surface area is 119 Å². The van der Waals surface area contributed by atoms with E-state index in [2.05, 4.69) is 24.5 Å². The molecule has 0 atom stereocenters. The van der Waals surface area contributed by atoms with E-state index in [0.29, 0.717) is 11.5 Å². The van der Waals surface area contributed by atoms with Gasteiger partial charge in [-0.3, -0.25) is 0 Å². The number of hydrogen-bond acceptors (Lipinski definition) is 1. The monoisotopic (exact) mass is 271 g/mol. The first-order valence-corrected chi connectivity index (χ1v) is 7.46. The van der Waals surface area contributed by atoms with Crippen molar-refractivity contribution in [3.63, 3.8) is 0 Å². The van der Waals surface area contributed by atoms with Crippen molar-refractivity contribution in [1.82, 2.24) is 4.57 Å².